The molecule has 0 unspecified atom stereocenters. The Labute approximate surface area is 202 Å². The standard InChI is InChI=1S/C26H23BrN2O3S/c1-19-6-14-25(15-7-19)33(31,32)29(24-12-10-23(27)11-13-24)18-26(30)28-17-20-8-9-21-4-2-3-5-22(21)16-20/h2-16H,17-18H2,1H3,(H,28,30). The van der Waals surface area contributed by atoms with Crippen LogP contribution in [0.25, 0.3) is 10.8 Å². The van der Waals surface area contributed by atoms with Crippen LogP contribution in [0.3, 0.4) is 0 Å². The van der Waals surface area contributed by atoms with Crippen molar-refractivity contribution in [1.82, 2.24) is 5.32 Å². The number of fused-ring (bicyclic) bond motifs is 1. The fraction of sp³-hybridized carbons (Fsp3) is 0.115. The second kappa shape index (κ2) is 9.77. The van der Waals surface area contributed by atoms with Crippen LogP contribution in [-0.2, 0) is 21.4 Å². The van der Waals surface area contributed by atoms with Crippen molar-refractivity contribution in [3.05, 3.63) is 107 Å². The van der Waals surface area contributed by atoms with Crippen LogP contribution in [0.15, 0.2) is 100 Å². The lowest BCUT2D eigenvalue weighted by Gasteiger charge is -2.24. The normalized spacial score (nSPS) is 11.3. The molecule has 7 heteroatoms. The molecule has 0 saturated heterocycles. The number of aryl methyl sites for hydroxylation is 1. The number of hydrogen-bond donors (Lipinski definition) is 1. The Morgan fingerprint density at radius 1 is 0.879 bits per heavy atom. The molecular formula is C26H23BrN2O3S. The minimum atomic E-state index is -3.93. The van der Waals surface area contributed by atoms with Crippen molar-refractivity contribution in [3.63, 3.8) is 0 Å². The van der Waals surface area contributed by atoms with E-state index in [1.165, 1.54) is 0 Å². The first-order valence-corrected chi connectivity index (χ1v) is 12.7. The monoisotopic (exact) mass is 522 g/mol. The molecule has 0 spiro atoms. The number of carbonyl (C=O) groups is 1. The van der Waals surface area contributed by atoms with Gasteiger partial charge in [-0.15, -0.1) is 0 Å². The molecule has 0 saturated carbocycles. The lowest BCUT2D eigenvalue weighted by molar-refractivity contribution is -0.119. The van der Waals surface area contributed by atoms with E-state index in [1.807, 2.05) is 49.4 Å². The van der Waals surface area contributed by atoms with Crippen LogP contribution in [-0.4, -0.2) is 20.9 Å². The average molecular weight is 523 g/mol. The molecule has 0 bridgehead atoms. The largest absolute Gasteiger partial charge is 0.350 e. The third kappa shape index (κ3) is 5.43. The number of nitrogens with one attached hydrogen (secondary N) is 1. The summed E-state index contributed by atoms with van der Waals surface area (Å²) in [5.74, 6) is -0.387. The number of hydrogen-bond acceptors (Lipinski definition) is 3. The van der Waals surface area contributed by atoms with Gasteiger partial charge in [0.2, 0.25) is 5.91 Å². The molecule has 0 aliphatic heterocycles. The van der Waals surface area contributed by atoms with Crippen molar-refractivity contribution in [2.45, 2.75) is 18.4 Å². The van der Waals surface area contributed by atoms with Gasteiger partial charge in [0, 0.05) is 11.0 Å². The van der Waals surface area contributed by atoms with E-state index in [0.717, 1.165) is 30.7 Å². The number of anilines is 1. The topological polar surface area (TPSA) is 66.5 Å². The number of benzene rings is 4. The summed E-state index contributed by atoms with van der Waals surface area (Å²) in [5.41, 5.74) is 2.32. The van der Waals surface area contributed by atoms with Gasteiger partial charge in [-0.05, 0) is 65.7 Å². The van der Waals surface area contributed by atoms with Gasteiger partial charge in [0.05, 0.1) is 10.6 Å². The quantitative estimate of drug-likeness (QED) is 0.352. The number of carbonyl (C=O) groups excluding carboxylic acids is 1. The highest BCUT2D eigenvalue weighted by atomic mass is 79.9. The van der Waals surface area contributed by atoms with Crippen molar-refractivity contribution in [2.24, 2.45) is 0 Å². The van der Waals surface area contributed by atoms with E-state index in [0.29, 0.717) is 12.2 Å². The lowest BCUT2D eigenvalue weighted by Crippen LogP contribution is -2.40. The van der Waals surface area contributed by atoms with Gasteiger partial charge in [-0.3, -0.25) is 9.10 Å². The maximum absolute atomic E-state index is 13.4. The van der Waals surface area contributed by atoms with E-state index < -0.39 is 10.0 Å². The summed E-state index contributed by atoms with van der Waals surface area (Å²) in [4.78, 5) is 13.0. The summed E-state index contributed by atoms with van der Waals surface area (Å²) in [7, 11) is -3.93. The summed E-state index contributed by atoms with van der Waals surface area (Å²) in [5, 5.41) is 5.06. The van der Waals surface area contributed by atoms with Crippen LogP contribution >= 0.6 is 15.9 Å². The highest BCUT2D eigenvalue weighted by Crippen LogP contribution is 2.25. The molecule has 0 fully saturated rings. The predicted molar refractivity (Wildman–Crippen MR) is 136 cm³/mol. The Bertz CT molecular complexity index is 1390. The second-order valence-electron chi connectivity index (χ2n) is 7.76. The zero-order valence-corrected chi connectivity index (χ0v) is 20.4. The fourth-order valence-corrected chi connectivity index (χ4v) is 5.18. The summed E-state index contributed by atoms with van der Waals surface area (Å²) in [6, 6.07) is 27.4. The first-order valence-electron chi connectivity index (χ1n) is 10.4. The van der Waals surface area contributed by atoms with Crippen molar-refractivity contribution < 1.29 is 13.2 Å². The van der Waals surface area contributed by atoms with E-state index in [9.17, 15) is 13.2 Å². The van der Waals surface area contributed by atoms with Crippen LogP contribution in [0.2, 0.25) is 0 Å². The van der Waals surface area contributed by atoms with Crippen LogP contribution < -0.4 is 9.62 Å². The van der Waals surface area contributed by atoms with Crippen molar-refractivity contribution in [2.75, 3.05) is 10.8 Å². The Morgan fingerprint density at radius 3 is 2.24 bits per heavy atom. The van der Waals surface area contributed by atoms with Crippen LogP contribution in [0, 0.1) is 6.92 Å². The molecule has 168 valence electrons. The Kier molecular flexibility index (Phi) is 6.81. The summed E-state index contributed by atoms with van der Waals surface area (Å²) < 4.78 is 28.8. The zero-order valence-electron chi connectivity index (χ0n) is 18.0. The second-order valence-corrected chi connectivity index (χ2v) is 10.5. The molecule has 1 N–H and O–H groups in total. The smallest absolute Gasteiger partial charge is 0.264 e. The molecule has 0 aromatic heterocycles. The number of sulfonamides is 1. The first-order chi connectivity index (χ1) is 15.8. The van der Waals surface area contributed by atoms with Crippen LogP contribution in [0.1, 0.15) is 11.1 Å². The maximum Gasteiger partial charge on any atom is 0.264 e. The SMILES string of the molecule is Cc1ccc(S(=O)(=O)N(CC(=O)NCc2ccc3ccccc3c2)c2ccc(Br)cc2)cc1. The summed E-state index contributed by atoms with van der Waals surface area (Å²) in [6.07, 6.45) is 0. The molecular weight excluding hydrogens is 500 g/mol. The van der Waals surface area contributed by atoms with Gasteiger partial charge >= 0.3 is 0 Å². The van der Waals surface area contributed by atoms with E-state index >= 15 is 0 Å². The molecule has 0 aliphatic carbocycles. The van der Waals surface area contributed by atoms with Gasteiger partial charge in [-0.2, -0.15) is 0 Å². The van der Waals surface area contributed by atoms with E-state index in [4.69, 9.17) is 0 Å². The number of rotatable bonds is 7. The lowest BCUT2D eigenvalue weighted by atomic mass is 10.1. The molecule has 33 heavy (non-hydrogen) atoms. The molecule has 0 heterocycles. The van der Waals surface area contributed by atoms with Crippen LogP contribution in [0.5, 0.6) is 0 Å². The Balaban J connectivity index is 1.55. The van der Waals surface area contributed by atoms with Gasteiger partial charge < -0.3 is 5.32 Å². The third-order valence-corrected chi connectivity index (χ3v) is 7.63. The first kappa shape index (κ1) is 23.0. The molecule has 0 atom stereocenters. The van der Waals surface area contributed by atoms with E-state index in [1.54, 1.807) is 48.5 Å². The van der Waals surface area contributed by atoms with Crippen molar-refractivity contribution in [1.29, 1.82) is 0 Å². The molecule has 0 radical (unpaired) electrons. The van der Waals surface area contributed by atoms with Crippen molar-refractivity contribution >= 4 is 48.3 Å². The third-order valence-electron chi connectivity index (χ3n) is 5.31. The fourth-order valence-electron chi connectivity index (χ4n) is 3.50. The highest BCUT2D eigenvalue weighted by molar-refractivity contribution is 9.10. The molecule has 4 rings (SSSR count). The minimum Gasteiger partial charge on any atom is -0.350 e. The molecule has 4 aromatic carbocycles. The Morgan fingerprint density at radius 2 is 1.55 bits per heavy atom. The summed E-state index contributed by atoms with van der Waals surface area (Å²) >= 11 is 3.37. The number of amides is 1. The summed E-state index contributed by atoms with van der Waals surface area (Å²) in [6.45, 7) is 1.87. The van der Waals surface area contributed by atoms with Gasteiger partial charge in [0.25, 0.3) is 10.0 Å². The van der Waals surface area contributed by atoms with E-state index in [-0.39, 0.29) is 17.3 Å². The predicted octanol–water partition coefficient (Wildman–Crippen LogP) is 5.42. The minimum absolute atomic E-state index is 0.137. The molecule has 1 amide bonds. The zero-order chi connectivity index (χ0) is 23.4. The van der Waals surface area contributed by atoms with Gasteiger partial charge in [0.15, 0.2) is 0 Å². The van der Waals surface area contributed by atoms with E-state index in [2.05, 4.69) is 21.2 Å². The molecule has 4 aromatic rings. The number of halogens is 1. The highest BCUT2D eigenvalue weighted by Gasteiger charge is 2.27. The number of nitrogens with zero attached hydrogens (tertiary/aromatic N) is 1. The molecule has 5 nitrogen and oxygen atoms in total. The van der Waals surface area contributed by atoms with Gasteiger partial charge in [-0.1, -0.05) is 70.0 Å². The molecule has 0 aliphatic rings. The Hall–Kier alpha value is -3.16. The van der Waals surface area contributed by atoms with Crippen LogP contribution in [0.4, 0.5) is 5.69 Å². The van der Waals surface area contributed by atoms with Gasteiger partial charge in [-0.25, -0.2) is 8.42 Å². The average Bonchev–Trinajstić information content (AvgIpc) is 2.82. The van der Waals surface area contributed by atoms with Crippen molar-refractivity contribution in [3.8, 4) is 0 Å². The van der Waals surface area contributed by atoms with Gasteiger partial charge in [0.1, 0.15) is 6.54 Å². The maximum atomic E-state index is 13.4.